The van der Waals surface area contributed by atoms with E-state index in [9.17, 15) is 24.0 Å². The number of carbonyl (C=O) groups is 4. The van der Waals surface area contributed by atoms with Crippen LogP contribution in [0.3, 0.4) is 0 Å². The summed E-state index contributed by atoms with van der Waals surface area (Å²) in [5.41, 5.74) is 16.5. The number of anilines is 3. The Bertz CT molecular complexity index is 5170. The van der Waals surface area contributed by atoms with Crippen molar-refractivity contribution in [1.29, 1.82) is 0 Å². The molecular formula is C87H116BBrCl6Cs2I2N18O13. The quantitative estimate of drug-likeness (QED) is 0.00750. The summed E-state index contributed by atoms with van der Waals surface area (Å²) >= 11 is 42.0. The second kappa shape index (κ2) is 59.0. The zero-order valence-electron chi connectivity index (χ0n) is 77.5. The second-order valence-corrected chi connectivity index (χ2v) is 38.5. The van der Waals surface area contributed by atoms with Crippen molar-refractivity contribution in [2.24, 2.45) is 5.73 Å². The molecule has 2 saturated heterocycles. The predicted molar refractivity (Wildman–Crippen MR) is 523 cm³/mol. The van der Waals surface area contributed by atoms with Gasteiger partial charge in [0.15, 0.2) is 0 Å². The Hall–Kier alpha value is -2.78. The molecule has 6 N–H and O–H groups in total. The van der Waals surface area contributed by atoms with Crippen LogP contribution in [0.4, 0.5) is 22.2 Å². The van der Waals surface area contributed by atoms with Gasteiger partial charge in [-0.3, -0.25) is 23.5 Å². The van der Waals surface area contributed by atoms with E-state index in [-0.39, 0.29) is 219 Å². The number of ether oxygens (including phenoxy) is 3. The van der Waals surface area contributed by atoms with Gasteiger partial charge in [0.1, 0.15) is 39.5 Å². The normalized spacial score (nSPS) is 16.7. The van der Waals surface area contributed by atoms with Crippen LogP contribution in [0.1, 0.15) is 259 Å². The third-order valence-corrected chi connectivity index (χ3v) is 26.2. The maximum atomic E-state index is 12.5. The summed E-state index contributed by atoms with van der Waals surface area (Å²) in [4.78, 5) is 117. The smallest absolute Gasteiger partial charge is 1.00 e. The van der Waals surface area contributed by atoms with Crippen molar-refractivity contribution >= 4 is 207 Å². The van der Waals surface area contributed by atoms with E-state index in [2.05, 4.69) is 109 Å². The fourth-order valence-corrected chi connectivity index (χ4v) is 16.8. The molecule has 0 radical (unpaired) electrons. The topological polar surface area (TPSA) is 412 Å². The maximum absolute atomic E-state index is 12.5. The fraction of sp³-hybridized carbons (Fsp3) is 0.552. The van der Waals surface area contributed by atoms with Crippen LogP contribution in [-0.4, -0.2) is 162 Å². The molecule has 8 aromatic rings. The minimum atomic E-state index is -0.482. The van der Waals surface area contributed by atoms with Gasteiger partial charge in [-0.15, -0.1) is 0 Å². The summed E-state index contributed by atoms with van der Waals surface area (Å²) in [6.45, 7) is 26.5. The number of pyridine rings is 3. The molecular weight excluding hydrogens is 2330 g/mol. The number of amides is 1. The summed E-state index contributed by atoms with van der Waals surface area (Å²) in [6.07, 6.45) is 38.5. The molecule has 5 aliphatic carbocycles. The van der Waals surface area contributed by atoms with Crippen molar-refractivity contribution in [3.8, 4) is 0 Å². The first-order valence-corrected chi connectivity index (χ1v) is 48.0. The van der Waals surface area contributed by atoms with Crippen LogP contribution >= 0.6 is 131 Å². The number of nitrogen functional groups attached to an aromatic ring is 1. The summed E-state index contributed by atoms with van der Waals surface area (Å²) in [5.74, 6) is 1.82. The first kappa shape index (κ1) is 118. The number of nitrogens with two attached hydrogens (primary N) is 2. The summed E-state index contributed by atoms with van der Waals surface area (Å²) in [5, 5.41) is 18.5. The van der Waals surface area contributed by atoms with Gasteiger partial charge in [0.25, 0.3) is 17.6 Å². The van der Waals surface area contributed by atoms with E-state index in [1.54, 1.807) is 71.9 Å². The van der Waals surface area contributed by atoms with E-state index in [0.29, 0.717) is 75.1 Å². The Morgan fingerprint density at radius 2 is 1.06 bits per heavy atom. The Kier molecular flexibility index (Phi) is 53.4. The summed E-state index contributed by atoms with van der Waals surface area (Å²) in [7, 11) is -0.482. The van der Waals surface area contributed by atoms with Gasteiger partial charge in [-0.25, -0.2) is 54.3 Å². The van der Waals surface area contributed by atoms with Gasteiger partial charge in [-0.2, -0.15) is 15.0 Å². The number of likely N-dealkylation sites (tertiary alicyclic amines) is 1. The molecule has 0 aromatic carbocycles. The monoisotopic (exact) mass is 2440 g/mol. The average molecular weight is 2450 g/mol. The van der Waals surface area contributed by atoms with Gasteiger partial charge in [0.2, 0.25) is 26.4 Å². The van der Waals surface area contributed by atoms with E-state index in [4.69, 9.17) is 115 Å². The number of hydrogen-bond donors (Lipinski definition) is 4. The molecule has 1 amide bonds. The van der Waals surface area contributed by atoms with Gasteiger partial charge < -0.3 is 62.1 Å². The molecule has 7 aliphatic rings. The molecule has 8 aromatic heterocycles. The van der Waals surface area contributed by atoms with E-state index in [1.165, 1.54) is 94.8 Å². The van der Waals surface area contributed by atoms with Crippen LogP contribution in [-0.2, 0) is 42.8 Å². The molecule has 43 heteroatoms. The van der Waals surface area contributed by atoms with Gasteiger partial charge in [-0.1, -0.05) is 81.9 Å². The molecule has 0 atom stereocenters. The van der Waals surface area contributed by atoms with Crippen molar-refractivity contribution < 1.29 is 192 Å². The minimum Gasteiger partial charge on any atom is -1.00 e. The molecule has 0 unspecified atom stereocenters. The van der Waals surface area contributed by atoms with Crippen LogP contribution < -0.4 is 176 Å². The van der Waals surface area contributed by atoms with E-state index < -0.39 is 12.7 Å². The molecule has 700 valence electrons. The van der Waals surface area contributed by atoms with E-state index in [1.807, 2.05) is 110 Å². The Labute approximate surface area is 946 Å². The van der Waals surface area contributed by atoms with Gasteiger partial charge in [0.05, 0.1) is 36.0 Å². The van der Waals surface area contributed by atoms with Crippen LogP contribution in [0.15, 0.2) is 87.1 Å². The number of esters is 2. The Morgan fingerprint density at radius 3 is 1.53 bits per heavy atom. The van der Waals surface area contributed by atoms with E-state index in [0.717, 1.165) is 129 Å². The van der Waals surface area contributed by atoms with E-state index >= 15 is 0 Å². The van der Waals surface area contributed by atoms with Crippen LogP contribution in [0.25, 0.3) is 27.6 Å². The van der Waals surface area contributed by atoms with Crippen molar-refractivity contribution in [2.45, 2.75) is 284 Å². The number of nitrogens with zero attached hydrogens (tertiary/aromatic N) is 14. The molecule has 5 saturated carbocycles. The largest absolute Gasteiger partial charge is 1.00 e. The Balaban J connectivity index is 0.000000315. The number of aryl methyl sites for hydroxylation is 2. The SMILES string of the molecule is CC(C)(C)OC(=O)N1CCC(c2ccc(N)nc2)CC1.CCOC(=O)/C=C(\C)B1OC(C)(C)C(C)(C)O1.CCOC(=O)/C=C(\C)c1cnc(Cl)nc1NC1CCCC1.Cc1c(Br)c(=O)n(C2CCCC2)c2nc(Cl)ncc12.Cc1cc(=O)n(C2CCCC2)c2nc(Cl)ncc12.Clc1ncc(I)c(Cl)n1.Clc1ncc(I)c(NC2CCCC2)n1.NC1CCCC1.O=CO[O-].[Cs+].[Cs+].[H-]. The number of carbonyl (C=O) groups excluding carboxylic acids is 4. The van der Waals surface area contributed by atoms with Crippen molar-refractivity contribution in [3.63, 3.8) is 0 Å². The third-order valence-electron chi connectivity index (χ3n) is 22.2. The first-order chi connectivity index (χ1) is 60.7. The molecule has 0 bridgehead atoms. The molecule has 15 rings (SSSR count). The fourth-order valence-electron chi connectivity index (χ4n) is 14.9. The maximum Gasteiger partial charge on any atom is 1.00 e. The number of aromatic nitrogens is 13. The number of fused-ring (bicyclic) bond motifs is 2. The number of hydrogen-bond acceptors (Lipinski definition) is 28. The average Bonchev–Trinajstić information content (AvgIpc) is 1.60. The summed E-state index contributed by atoms with van der Waals surface area (Å²) in [6, 6.07) is 7.51. The van der Waals surface area contributed by atoms with Gasteiger partial charge in [0, 0.05) is 115 Å². The van der Waals surface area contributed by atoms with Gasteiger partial charge in [-0.05, 0) is 326 Å². The van der Waals surface area contributed by atoms with Crippen LogP contribution in [0.2, 0.25) is 31.6 Å². The van der Waals surface area contributed by atoms with Crippen LogP contribution in [0, 0.1) is 21.0 Å². The first-order valence-electron chi connectivity index (χ1n) is 42.7. The molecule has 130 heavy (non-hydrogen) atoms. The number of piperidine rings is 1. The van der Waals surface area contributed by atoms with Crippen molar-refractivity contribution in [3.05, 3.63) is 159 Å². The summed E-state index contributed by atoms with van der Waals surface area (Å²) < 4.78 is 32.8. The minimum absolute atomic E-state index is 0. The van der Waals surface area contributed by atoms with Crippen molar-refractivity contribution in [1.82, 2.24) is 68.9 Å². The molecule has 0 spiro atoms. The number of allylic oxidation sites excluding steroid dienone is 2. The predicted octanol–water partition coefficient (Wildman–Crippen LogP) is 13.8. The molecule has 10 heterocycles. The zero-order chi connectivity index (χ0) is 94.2. The number of nitrogens with one attached hydrogen (secondary N) is 2. The Morgan fingerprint density at radius 1 is 0.623 bits per heavy atom. The molecule has 31 nitrogen and oxygen atoms in total. The number of rotatable bonds is 14. The third kappa shape index (κ3) is 38.4. The van der Waals surface area contributed by atoms with Crippen molar-refractivity contribution in [2.75, 3.05) is 42.7 Å². The number of halogens is 9. The second-order valence-electron chi connectivity index (χ2n) is 33.3. The zero-order valence-corrected chi connectivity index (χ0v) is 99.5. The standard InChI is InChI=1S/C15H20ClN3O2.C15H23N3O2.C13H13BrClN3O.C13H14ClN3O.C12H21BO4.C9H11ClIN3.C5H11N.C4HCl2IN2.CH2O3.2Cs.H/c1-3-21-13(20)8-10(2)12-9-17-15(16)19-14(12)18-11-6-4-5-7-11;1-15(2,3)20-14(19)18-8-6-11(7-9-18)12-4-5-13(16)17-10-12;1-7-9-6-16-13(15)17-11(9)18(12(19)10(7)14)8-4-2-3-5-8;1-8-6-11(18)17(9-4-2-3-5-9)12-10(8)7-15-13(14)16-12;1-7-15-10(14)8-9(2)13-16-11(3,4)12(5,6)17-13;10-9-12-5-7(11)8(14-9)13-6-3-1-2-4-6;6-5-3-1-2-4-5;5-3-2(7)1-8-4(6)9-3;2-1-4-3;;;/h8-9,11H,3-7H2,1-2H3,(H,17,18,19);4-5,10-11H,6-9H2,1-3H3,(H2,16,17);6,8H,2-5H2,1H3;6-7,9H,2-5H2,1H3;8H,7H2,1-6H3;5-6H,1-4H2,(H,12,13,14);5H,1-4,6H2;1H;1,3H;;;/q;;;;;;;;;2*+1;-1/p-1/b10-8+;;;;9-8+;;;;;;;. The van der Waals surface area contributed by atoms with Crippen LogP contribution in [0.5, 0.6) is 0 Å². The molecule has 2 aliphatic heterocycles. The van der Waals surface area contributed by atoms with Gasteiger partial charge >= 0.3 is 163 Å². The molecule has 7 fully saturated rings.